The second-order valence-electron chi connectivity index (χ2n) is 8.58. The monoisotopic (exact) mass is 422 g/mol. The van der Waals surface area contributed by atoms with E-state index in [1.165, 1.54) is 0 Å². The number of hydrogen-bond donors (Lipinski definition) is 2. The summed E-state index contributed by atoms with van der Waals surface area (Å²) < 4.78 is 3.45. The van der Waals surface area contributed by atoms with Crippen LogP contribution in [0.5, 0.6) is 0 Å². The Hall–Kier alpha value is -3.00. The van der Waals surface area contributed by atoms with Crippen LogP contribution in [0.3, 0.4) is 0 Å². The molecule has 2 aromatic heterocycles. The topological polar surface area (TPSA) is 97.9 Å². The third-order valence-corrected chi connectivity index (χ3v) is 6.06. The minimum absolute atomic E-state index is 0.155. The molecule has 0 aliphatic heterocycles. The molecule has 8 nitrogen and oxygen atoms in total. The SMILES string of the molecule is C[C@H](Cn1cc(C2(O)CCCCC2)nn1)NC(=O)c1cnn(C)c1Cc1ccccc1. The highest BCUT2D eigenvalue weighted by Gasteiger charge is 2.34. The number of aromatic nitrogens is 5. The number of nitrogens with zero attached hydrogens (tertiary/aromatic N) is 5. The normalized spacial score (nSPS) is 16.7. The van der Waals surface area contributed by atoms with Crippen molar-refractivity contribution < 1.29 is 9.90 Å². The summed E-state index contributed by atoms with van der Waals surface area (Å²) in [6.45, 7) is 2.41. The maximum atomic E-state index is 12.9. The van der Waals surface area contributed by atoms with Gasteiger partial charge in [0.25, 0.3) is 5.91 Å². The van der Waals surface area contributed by atoms with Gasteiger partial charge in [0.15, 0.2) is 0 Å². The van der Waals surface area contributed by atoms with E-state index in [2.05, 4.69) is 20.7 Å². The average Bonchev–Trinajstić information content (AvgIpc) is 3.37. The zero-order valence-electron chi connectivity index (χ0n) is 18.2. The first-order valence-corrected chi connectivity index (χ1v) is 10.9. The van der Waals surface area contributed by atoms with Gasteiger partial charge < -0.3 is 10.4 Å². The number of aliphatic hydroxyl groups is 1. The van der Waals surface area contributed by atoms with E-state index >= 15 is 0 Å². The maximum absolute atomic E-state index is 12.9. The van der Waals surface area contributed by atoms with Crippen molar-refractivity contribution in [2.24, 2.45) is 7.05 Å². The number of rotatable bonds is 7. The number of nitrogens with one attached hydrogen (secondary N) is 1. The third-order valence-electron chi connectivity index (χ3n) is 6.06. The van der Waals surface area contributed by atoms with E-state index in [0.717, 1.165) is 43.4 Å². The van der Waals surface area contributed by atoms with E-state index in [0.29, 0.717) is 24.2 Å². The molecule has 0 bridgehead atoms. The molecular formula is C23H30N6O2. The van der Waals surface area contributed by atoms with Crippen LogP contribution in [0, 0.1) is 0 Å². The molecule has 1 saturated carbocycles. The van der Waals surface area contributed by atoms with E-state index in [9.17, 15) is 9.90 Å². The molecule has 1 aliphatic carbocycles. The van der Waals surface area contributed by atoms with Crippen molar-refractivity contribution in [2.75, 3.05) is 0 Å². The highest BCUT2D eigenvalue weighted by atomic mass is 16.3. The zero-order chi connectivity index (χ0) is 21.8. The summed E-state index contributed by atoms with van der Waals surface area (Å²) in [7, 11) is 1.85. The van der Waals surface area contributed by atoms with E-state index < -0.39 is 5.60 Å². The second-order valence-corrected chi connectivity index (χ2v) is 8.58. The molecule has 4 rings (SSSR count). The molecule has 3 aromatic rings. The van der Waals surface area contributed by atoms with Crippen LogP contribution in [-0.2, 0) is 25.6 Å². The zero-order valence-corrected chi connectivity index (χ0v) is 18.2. The van der Waals surface area contributed by atoms with Gasteiger partial charge in [0.05, 0.1) is 30.2 Å². The Morgan fingerprint density at radius 1 is 1.23 bits per heavy atom. The number of aryl methyl sites for hydroxylation is 1. The number of benzene rings is 1. The molecule has 2 N–H and O–H groups in total. The fourth-order valence-electron chi connectivity index (χ4n) is 4.27. The minimum Gasteiger partial charge on any atom is -0.383 e. The molecule has 0 unspecified atom stereocenters. The summed E-state index contributed by atoms with van der Waals surface area (Å²) in [6, 6.07) is 9.88. The van der Waals surface area contributed by atoms with Crippen LogP contribution in [0.4, 0.5) is 0 Å². The molecule has 1 fully saturated rings. The standard InChI is InChI=1S/C23H30N6O2/c1-17(15-29-16-21(26-27-29)23(31)11-7-4-8-12-23)25-22(30)19-14-24-28(2)20(19)13-18-9-5-3-6-10-18/h3,5-6,9-10,14,16-17,31H,4,7-8,11-13,15H2,1-2H3,(H,25,30)/t17-/m1/s1. The van der Waals surface area contributed by atoms with Gasteiger partial charge >= 0.3 is 0 Å². The Morgan fingerprint density at radius 3 is 2.71 bits per heavy atom. The van der Waals surface area contributed by atoms with E-state index in [1.807, 2.05) is 44.3 Å². The average molecular weight is 423 g/mol. The second kappa shape index (κ2) is 9.01. The van der Waals surface area contributed by atoms with Gasteiger partial charge in [-0.3, -0.25) is 14.2 Å². The number of hydrogen-bond acceptors (Lipinski definition) is 5. The predicted octanol–water partition coefficient (Wildman–Crippen LogP) is 2.57. The molecule has 1 aliphatic rings. The van der Waals surface area contributed by atoms with Crippen LogP contribution >= 0.6 is 0 Å². The number of carbonyl (C=O) groups excluding carboxylic acids is 1. The Kier molecular flexibility index (Phi) is 6.18. The van der Waals surface area contributed by atoms with E-state index in [-0.39, 0.29) is 11.9 Å². The molecule has 2 heterocycles. The quantitative estimate of drug-likeness (QED) is 0.610. The minimum atomic E-state index is -0.870. The Morgan fingerprint density at radius 2 is 1.97 bits per heavy atom. The fourth-order valence-corrected chi connectivity index (χ4v) is 4.27. The summed E-state index contributed by atoms with van der Waals surface area (Å²) in [4.78, 5) is 12.9. The first-order chi connectivity index (χ1) is 14.9. The lowest BCUT2D eigenvalue weighted by atomic mass is 9.83. The Bertz CT molecular complexity index is 1020. The van der Waals surface area contributed by atoms with Crippen LogP contribution in [0.15, 0.2) is 42.7 Å². The van der Waals surface area contributed by atoms with Gasteiger partial charge in [0, 0.05) is 19.5 Å². The van der Waals surface area contributed by atoms with Gasteiger partial charge in [-0.2, -0.15) is 5.10 Å². The first-order valence-electron chi connectivity index (χ1n) is 10.9. The molecule has 1 amide bonds. The number of carbonyl (C=O) groups is 1. The van der Waals surface area contributed by atoms with E-state index in [4.69, 9.17) is 0 Å². The number of amides is 1. The largest absolute Gasteiger partial charge is 0.383 e. The molecule has 8 heteroatoms. The fraction of sp³-hybridized carbons (Fsp3) is 0.478. The lowest BCUT2D eigenvalue weighted by Gasteiger charge is -2.29. The van der Waals surface area contributed by atoms with Crippen LogP contribution in [0.1, 0.15) is 66.3 Å². The highest BCUT2D eigenvalue weighted by molar-refractivity contribution is 5.95. The van der Waals surface area contributed by atoms with Crippen molar-refractivity contribution in [1.29, 1.82) is 0 Å². The first kappa shape index (κ1) is 21.2. The molecule has 164 valence electrons. The molecule has 0 saturated heterocycles. The van der Waals surface area contributed by atoms with Gasteiger partial charge in [0.2, 0.25) is 0 Å². The van der Waals surface area contributed by atoms with E-state index in [1.54, 1.807) is 21.8 Å². The lowest BCUT2D eigenvalue weighted by molar-refractivity contribution is -0.00475. The van der Waals surface area contributed by atoms with Crippen molar-refractivity contribution in [3.63, 3.8) is 0 Å². The highest BCUT2D eigenvalue weighted by Crippen LogP contribution is 2.35. The molecule has 0 spiro atoms. The smallest absolute Gasteiger partial charge is 0.255 e. The van der Waals surface area contributed by atoms with Crippen molar-refractivity contribution >= 4 is 5.91 Å². The van der Waals surface area contributed by atoms with Gasteiger partial charge in [0.1, 0.15) is 11.3 Å². The van der Waals surface area contributed by atoms with Gasteiger partial charge in [-0.05, 0) is 25.3 Å². The summed E-state index contributed by atoms with van der Waals surface area (Å²) in [5.74, 6) is -0.155. The lowest BCUT2D eigenvalue weighted by Crippen LogP contribution is -2.36. The molecule has 1 aromatic carbocycles. The Labute approximate surface area is 182 Å². The van der Waals surface area contributed by atoms with Crippen molar-refractivity contribution in [1.82, 2.24) is 30.1 Å². The van der Waals surface area contributed by atoms with Gasteiger partial charge in [-0.15, -0.1) is 5.10 Å². The summed E-state index contributed by atoms with van der Waals surface area (Å²) in [6.07, 6.45) is 8.68. The predicted molar refractivity (Wildman–Crippen MR) is 116 cm³/mol. The van der Waals surface area contributed by atoms with Crippen molar-refractivity contribution in [3.05, 3.63) is 65.2 Å². The van der Waals surface area contributed by atoms with Crippen molar-refractivity contribution in [2.45, 2.75) is 63.6 Å². The van der Waals surface area contributed by atoms with Crippen LogP contribution in [0.25, 0.3) is 0 Å². The van der Waals surface area contributed by atoms with Gasteiger partial charge in [-0.1, -0.05) is 54.8 Å². The molecular weight excluding hydrogens is 392 g/mol. The summed E-state index contributed by atoms with van der Waals surface area (Å²) in [5, 5.41) is 26.5. The van der Waals surface area contributed by atoms with Crippen LogP contribution in [0.2, 0.25) is 0 Å². The molecule has 0 radical (unpaired) electrons. The molecule has 1 atom stereocenters. The Balaban J connectivity index is 1.40. The third kappa shape index (κ3) is 4.85. The summed E-state index contributed by atoms with van der Waals surface area (Å²) in [5.41, 5.74) is 2.34. The van der Waals surface area contributed by atoms with Crippen LogP contribution < -0.4 is 5.32 Å². The van der Waals surface area contributed by atoms with Gasteiger partial charge in [-0.25, -0.2) is 0 Å². The molecule has 31 heavy (non-hydrogen) atoms. The van der Waals surface area contributed by atoms with Crippen molar-refractivity contribution in [3.8, 4) is 0 Å². The maximum Gasteiger partial charge on any atom is 0.255 e. The summed E-state index contributed by atoms with van der Waals surface area (Å²) >= 11 is 0. The van der Waals surface area contributed by atoms with Crippen LogP contribution in [-0.4, -0.2) is 41.8 Å².